The minimum atomic E-state index is -0.923. The van der Waals surface area contributed by atoms with Gasteiger partial charge in [-0.3, -0.25) is 5.32 Å². The van der Waals surface area contributed by atoms with E-state index in [4.69, 9.17) is 18.9 Å². The van der Waals surface area contributed by atoms with Crippen LogP contribution in [0.15, 0.2) is 0 Å². The van der Waals surface area contributed by atoms with Gasteiger partial charge in [-0.25, -0.2) is 4.79 Å². The Morgan fingerprint density at radius 1 is 1.00 bits per heavy atom. The topological polar surface area (TPSA) is 98.3 Å². The van der Waals surface area contributed by atoms with Crippen LogP contribution in [0.5, 0.6) is 0 Å². The first-order valence-electron chi connectivity index (χ1n) is 11.9. The van der Waals surface area contributed by atoms with Crippen molar-refractivity contribution < 1.29 is 28.8 Å². The first-order chi connectivity index (χ1) is 14.7. The van der Waals surface area contributed by atoms with Gasteiger partial charge in [0, 0.05) is 12.5 Å². The quantitative estimate of drug-likeness (QED) is 0.282. The fourth-order valence-corrected chi connectivity index (χ4v) is 2.86. The Bertz CT molecular complexity index is 525. The van der Waals surface area contributed by atoms with Gasteiger partial charge in [-0.05, 0) is 61.9 Å². The minimum Gasteiger partial charge on any atom is -0.447 e. The highest BCUT2D eigenvalue weighted by molar-refractivity contribution is 5.67. The zero-order valence-electron chi connectivity index (χ0n) is 22.2. The molecule has 0 radical (unpaired) electrons. The lowest BCUT2D eigenvalue weighted by Crippen LogP contribution is -2.45. The fourth-order valence-electron chi connectivity index (χ4n) is 2.86. The van der Waals surface area contributed by atoms with Gasteiger partial charge in [0.15, 0.2) is 0 Å². The second-order valence-corrected chi connectivity index (χ2v) is 10.3. The molecule has 0 spiro atoms. The largest absolute Gasteiger partial charge is 0.447 e. The average molecular weight is 463 g/mol. The average Bonchev–Trinajstić information content (AvgIpc) is 2.71. The molecule has 0 aromatic heterocycles. The molecule has 0 aliphatic heterocycles. The molecule has 3 N–H and O–H groups in total. The number of aliphatic hydroxyl groups is 1. The maximum absolute atomic E-state index is 12.0. The van der Waals surface area contributed by atoms with E-state index in [2.05, 4.69) is 31.4 Å². The highest BCUT2D eigenvalue weighted by atomic mass is 16.6. The van der Waals surface area contributed by atoms with Crippen molar-refractivity contribution in [2.24, 2.45) is 5.92 Å². The van der Waals surface area contributed by atoms with Gasteiger partial charge in [0.2, 0.25) is 0 Å². The van der Waals surface area contributed by atoms with Gasteiger partial charge in [-0.2, -0.15) is 0 Å². The van der Waals surface area contributed by atoms with Crippen molar-refractivity contribution in [3.8, 4) is 0 Å². The van der Waals surface area contributed by atoms with Crippen LogP contribution in [0.4, 0.5) is 4.79 Å². The number of rotatable bonds is 17. The lowest BCUT2D eigenvalue weighted by Gasteiger charge is -2.38. The number of nitrogens with one attached hydrogen (secondary N) is 2. The zero-order valence-corrected chi connectivity index (χ0v) is 22.2. The first kappa shape index (κ1) is 31.1. The van der Waals surface area contributed by atoms with Crippen LogP contribution >= 0.6 is 0 Å². The van der Waals surface area contributed by atoms with Crippen molar-refractivity contribution in [1.29, 1.82) is 0 Å². The Morgan fingerprint density at radius 2 is 1.62 bits per heavy atom. The SMILES string of the molecule is CCCCC(C)(C)OC(C)C(C)(C)OCC(O)COC(=O)NCC(C)C(C)(C)OCNC. The van der Waals surface area contributed by atoms with Crippen LogP contribution in [0, 0.1) is 5.92 Å². The molecule has 3 atom stereocenters. The fraction of sp³-hybridized carbons (Fsp3) is 0.958. The first-order valence-corrected chi connectivity index (χ1v) is 11.9. The van der Waals surface area contributed by atoms with Crippen molar-refractivity contribution >= 4 is 6.09 Å². The number of amides is 1. The van der Waals surface area contributed by atoms with Gasteiger partial charge >= 0.3 is 6.09 Å². The summed E-state index contributed by atoms with van der Waals surface area (Å²) in [5, 5.41) is 15.9. The van der Waals surface area contributed by atoms with Gasteiger partial charge in [-0.15, -0.1) is 0 Å². The normalized spacial score (nSPS) is 15.8. The van der Waals surface area contributed by atoms with E-state index in [1.165, 1.54) is 0 Å². The summed E-state index contributed by atoms with van der Waals surface area (Å²) in [6.07, 6.45) is 1.55. The van der Waals surface area contributed by atoms with E-state index in [9.17, 15) is 9.90 Å². The summed E-state index contributed by atoms with van der Waals surface area (Å²) in [5.41, 5.74) is -1.24. The molecule has 8 heteroatoms. The summed E-state index contributed by atoms with van der Waals surface area (Å²) in [5.74, 6) is 0.0699. The molecule has 0 aromatic rings. The lowest BCUT2D eigenvalue weighted by molar-refractivity contribution is -0.178. The number of carbonyl (C=O) groups is 1. The highest BCUT2D eigenvalue weighted by Gasteiger charge is 2.33. The highest BCUT2D eigenvalue weighted by Crippen LogP contribution is 2.26. The monoisotopic (exact) mass is 462 g/mol. The summed E-state index contributed by atoms with van der Waals surface area (Å²) in [6, 6.07) is 0. The van der Waals surface area contributed by atoms with Crippen LogP contribution in [0.25, 0.3) is 0 Å². The van der Waals surface area contributed by atoms with E-state index in [1.54, 1.807) is 0 Å². The third-order valence-electron chi connectivity index (χ3n) is 5.99. The number of alkyl carbamates (subject to hydrolysis) is 1. The summed E-state index contributed by atoms with van der Waals surface area (Å²) in [4.78, 5) is 12.0. The van der Waals surface area contributed by atoms with Crippen molar-refractivity contribution in [2.75, 3.05) is 33.5 Å². The summed E-state index contributed by atoms with van der Waals surface area (Å²) in [7, 11) is 1.81. The second-order valence-electron chi connectivity index (χ2n) is 10.3. The number of hydrogen-bond acceptors (Lipinski definition) is 7. The van der Waals surface area contributed by atoms with Crippen LogP contribution in [0.1, 0.15) is 81.6 Å². The van der Waals surface area contributed by atoms with Crippen molar-refractivity contribution in [1.82, 2.24) is 10.6 Å². The predicted octanol–water partition coefficient (Wildman–Crippen LogP) is 3.85. The molecule has 8 nitrogen and oxygen atoms in total. The van der Waals surface area contributed by atoms with Crippen molar-refractivity contribution in [3.05, 3.63) is 0 Å². The Labute approximate surface area is 196 Å². The molecule has 0 saturated carbocycles. The zero-order chi connectivity index (χ0) is 25.0. The third-order valence-corrected chi connectivity index (χ3v) is 5.99. The molecule has 1 amide bonds. The molecule has 192 valence electrons. The lowest BCUT2D eigenvalue weighted by atomic mass is 9.92. The van der Waals surface area contributed by atoms with E-state index in [1.807, 2.05) is 48.6 Å². The molecule has 0 aliphatic rings. The van der Waals surface area contributed by atoms with Crippen LogP contribution in [-0.4, -0.2) is 73.7 Å². The molecular formula is C24H50N2O6. The van der Waals surface area contributed by atoms with Gasteiger partial charge in [0.25, 0.3) is 0 Å². The van der Waals surface area contributed by atoms with E-state index in [0.717, 1.165) is 19.3 Å². The molecule has 0 rings (SSSR count). The molecule has 32 heavy (non-hydrogen) atoms. The number of unbranched alkanes of at least 4 members (excludes halogenated alkanes) is 1. The third kappa shape index (κ3) is 12.9. The summed E-state index contributed by atoms with van der Waals surface area (Å²) in [6.45, 7) is 18.9. The Hall–Kier alpha value is -0.930. The Morgan fingerprint density at radius 3 is 2.19 bits per heavy atom. The standard InChI is InChI=1S/C24H50N2O6/c1-11-12-13-22(4,5)32-19(3)24(8,9)30-16-20(27)15-29-21(28)26-14-18(2)23(6,7)31-17-25-10/h18-20,25,27H,11-17H2,1-10H3,(H,26,28). The van der Waals surface area contributed by atoms with E-state index in [0.29, 0.717) is 13.3 Å². The van der Waals surface area contributed by atoms with Crippen LogP contribution in [0.2, 0.25) is 0 Å². The smallest absolute Gasteiger partial charge is 0.407 e. The van der Waals surface area contributed by atoms with Gasteiger partial charge in [-0.1, -0.05) is 26.7 Å². The summed E-state index contributed by atoms with van der Waals surface area (Å²) >= 11 is 0. The maximum Gasteiger partial charge on any atom is 0.407 e. The van der Waals surface area contributed by atoms with E-state index >= 15 is 0 Å². The molecular weight excluding hydrogens is 412 g/mol. The van der Waals surface area contributed by atoms with Crippen LogP contribution in [-0.2, 0) is 18.9 Å². The molecule has 0 aliphatic carbocycles. The van der Waals surface area contributed by atoms with E-state index in [-0.39, 0.29) is 30.8 Å². The number of ether oxygens (including phenoxy) is 4. The van der Waals surface area contributed by atoms with Crippen molar-refractivity contribution in [2.45, 2.75) is 111 Å². The molecule has 3 unspecified atom stereocenters. The van der Waals surface area contributed by atoms with Gasteiger partial charge in [0.1, 0.15) is 12.7 Å². The van der Waals surface area contributed by atoms with Gasteiger partial charge < -0.3 is 29.4 Å². The Kier molecular flexibility index (Phi) is 13.9. The molecule has 0 saturated heterocycles. The molecule has 0 aromatic carbocycles. The van der Waals surface area contributed by atoms with Crippen LogP contribution < -0.4 is 10.6 Å². The summed E-state index contributed by atoms with van der Waals surface area (Å²) < 4.78 is 23.0. The van der Waals surface area contributed by atoms with E-state index < -0.39 is 23.4 Å². The molecule has 0 heterocycles. The Balaban J connectivity index is 4.34. The second kappa shape index (κ2) is 14.4. The molecule has 0 fully saturated rings. The minimum absolute atomic E-state index is 0.0463. The predicted molar refractivity (Wildman–Crippen MR) is 128 cm³/mol. The molecule has 0 bridgehead atoms. The van der Waals surface area contributed by atoms with Crippen LogP contribution in [0.3, 0.4) is 0 Å². The number of carbonyl (C=O) groups excluding carboxylic acids is 1. The van der Waals surface area contributed by atoms with Crippen molar-refractivity contribution in [3.63, 3.8) is 0 Å². The number of hydrogen-bond donors (Lipinski definition) is 3. The number of aliphatic hydroxyl groups excluding tert-OH is 1. The van der Waals surface area contributed by atoms with Gasteiger partial charge in [0.05, 0.1) is 36.2 Å². The maximum atomic E-state index is 12.0.